The van der Waals surface area contributed by atoms with Gasteiger partial charge in [0.1, 0.15) is 6.61 Å². The standard InChI is InChI=1S/C35H70O10/c1-3-5-7-9-11-12-14-16-18-37-19-20-38-21-22-39-23-24-40-25-26-41-27-28-42-29-30-43-31-32-44-33-34-45-35(36)17-15-13-10-8-6-4-2/h3-34H2,1-2H3. The fraction of sp³-hybridized carbons (Fsp3) is 0.971. The lowest BCUT2D eigenvalue weighted by Crippen LogP contribution is -2.15. The molecule has 0 fully saturated rings. The van der Waals surface area contributed by atoms with Crippen molar-refractivity contribution in [1.82, 2.24) is 0 Å². The number of hydrogen-bond acceptors (Lipinski definition) is 10. The van der Waals surface area contributed by atoms with Gasteiger partial charge < -0.3 is 42.6 Å². The predicted octanol–water partition coefficient (Wildman–Crippen LogP) is 6.55. The van der Waals surface area contributed by atoms with Crippen LogP contribution in [-0.2, 0) is 47.4 Å². The van der Waals surface area contributed by atoms with Crippen molar-refractivity contribution in [3.05, 3.63) is 0 Å². The maximum atomic E-state index is 11.7. The van der Waals surface area contributed by atoms with E-state index in [0.29, 0.717) is 112 Å². The molecule has 0 N–H and O–H groups in total. The maximum absolute atomic E-state index is 11.7. The Balaban J connectivity index is 3.09. The minimum atomic E-state index is -0.137. The molecule has 10 heteroatoms. The first-order valence-electron chi connectivity index (χ1n) is 18.1. The van der Waals surface area contributed by atoms with Gasteiger partial charge in [-0.15, -0.1) is 0 Å². The largest absolute Gasteiger partial charge is 0.463 e. The SMILES string of the molecule is CCCCCCCCCCOCCOCCOCCOCCOCCOCCOCCOCCOC(=O)CCCCCCCC. The molecule has 0 aliphatic rings. The molecule has 0 aromatic heterocycles. The molecular weight excluding hydrogens is 580 g/mol. The number of esters is 1. The zero-order valence-corrected chi connectivity index (χ0v) is 29.2. The zero-order chi connectivity index (χ0) is 32.6. The Hall–Kier alpha value is -0.850. The topological polar surface area (TPSA) is 100 Å². The van der Waals surface area contributed by atoms with E-state index in [2.05, 4.69) is 13.8 Å². The van der Waals surface area contributed by atoms with E-state index in [0.717, 1.165) is 25.9 Å². The number of carbonyl (C=O) groups excluding carboxylic acids is 1. The highest BCUT2D eigenvalue weighted by Crippen LogP contribution is 2.09. The van der Waals surface area contributed by atoms with Crippen LogP contribution in [0.1, 0.15) is 110 Å². The summed E-state index contributed by atoms with van der Waals surface area (Å²) in [5.74, 6) is -0.137. The number of hydrogen-bond donors (Lipinski definition) is 0. The summed E-state index contributed by atoms with van der Waals surface area (Å²) in [5.41, 5.74) is 0. The monoisotopic (exact) mass is 650 g/mol. The van der Waals surface area contributed by atoms with Crippen molar-refractivity contribution in [2.75, 3.05) is 112 Å². The molecule has 0 heterocycles. The normalized spacial score (nSPS) is 11.4. The molecule has 0 rings (SSSR count). The van der Waals surface area contributed by atoms with Crippen molar-refractivity contribution in [3.63, 3.8) is 0 Å². The Morgan fingerprint density at radius 1 is 0.311 bits per heavy atom. The average molecular weight is 651 g/mol. The summed E-state index contributed by atoms with van der Waals surface area (Å²) in [6.45, 7) is 13.5. The van der Waals surface area contributed by atoms with E-state index in [4.69, 9.17) is 42.6 Å². The summed E-state index contributed by atoms with van der Waals surface area (Å²) in [5, 5.41) is 0. The maximum Gasteiger partial charge on any atom is 0.305 e. The molecule has 270 valence electrons. The van der Waals surface area contributed by atoms with Gasteiger partial charge >= 0.3 is 5.97 Å². The highest BCUT2D eigenvalue weighted by Gasteiger charge is 2.02. The van der Waals surface area contributed by atoms with Crippen LogP contribution < -0.4 is 0 Å². The van der Waals surface area contributed by atoms with Crippen LogP contribution >= 0.6 is 0 Å². The molecule has 0 bridgehead atoms. The van der Waals surface area contributed by atoms with Gasteiger partial charge in [-0.05, 0) is 12.8 Å². The number of ether oxygens (including phenoxy) is 9. The van der Waals surface area contributed by atoms with E-state index in [1.807, 2.05) is 0 Å². The lowest BCUT2D eigenvalue weighted by atomic mass is 10.1. The van der Waals surface area contributed by atoms with Gasteiger partial charge in [-0.1, -0.05) is 90.9 Å². The van der Waals surface area contributed by atoms with Crippen LogP contribution in [0.3, 0.4) is 0 Å². The highest BCUT2D eigenvalue weighted by molar-refractivity contribution is 5.69. The molecule has 0 aliphatic heterocycles. The van der Waals surface area contributed by atoms with Crippen LogP contribution in [0.2, 0.25) is 0 Å². The summed E-state index contributed by atoms with van der Waals surface area (Å²) in [7, 11) is 0. The summed E-state index contributed by atoms with van der Waals surface area (Å²) >= 11 is 0. The molecule has 10 nitrogen and oxygen atoms in total. The summed E-state index contributed by atoms with van der Waals surface area (Å²) in [6, 6.07) is 0. The van der Waals surface area contributed by atoms with Crippen molar-refractivity contribution in [2.24, 2.45) is 0 Å². The van der Waals surface area contributed by atoms with Gasteiger partial charge in [0, 0.05) is 13.0 Å². The second kappa shape index (κ2) is 41.2. The van der Waals surface area contributed by atoms with Crippen molar-refractivity contribution >= 4 is 5.97 Å². The molecule has 0 atom stereocenters. The van der Waals surface area contributed by atoms with Gasteiger partial charge in [0.05, 0.1) is 99.1 Å². The molecule has 0 unspecified atom stereocenters. The fourth-order valence-electron chi connectivity index (χ4n) is 4.32. The van der Waals surface area contributed by atoms with E-state index in [-0.39, 0.29) is 5.97 Å². The molecule has 0 aromatic rings. The van der Waals surface area contributed by atoms with E-state index < -0.39 is 0 Å². The molecule has 0 radical (unpaired) electrons. The average Bonchev–Trinajstić information content (AvgIpc) is 3.05. The molecule has 45 heavy (non-hydrogen) atoms. The summed E-state index contributed by atoms with van der Waals surface area (Å²) < 4.78 is 49.2. The molecule has 0 spiro atoms. The van der Waals surface area contributed by atoms with Crippen molar-refractivity contribution in [1.29, 1.82) is 0 Å². The van der Waals surface area contributed by atoms with Crippen LogP contribution in [-0.4, -0.2) is 118 Å². The van der Waals surface area contributed by atoms with E-state index in [1.165, 1.54) is 70.6 Å². The first-order valence-corrected chi connectivity index (χ1v) is 18.1. The van der Waals surface area contributed by atoms with Gasteiger partial charge in [-0.25, -0.2) is 0 Å². The third-order valence-electron chi connectivity index (χ3n) is 6.97. The summed E-state index contributed by atoms with van der Waals surface area (Å²) in [4.78, 5) is 11.7. The lowest BCUT2D eigenvalue weighted by Gasteiger charge is -2.09. The molecule has 0 aliphatic carbocycles. The number of rotatable bonds is 40. The molecule has 0 saturated carbocycles. The Morgan fingerprint density at radius 2 is 0.578 bits per heavy atom. The van der Waals surface area contributed by atoms with Gasteiger partial charge in [0.2, 0.25) is 0 Å². The second-order valence-corrected chi connectivity index (χ2v) is 11.1. The zero-order valence-electron chi connectivity index (χ0n) is 29.2. The van der Waals surface area contributed by atoms with Crippen LogP contribution in [0.25, 0.3) is 0 Å². The van der Waals surface area contributed by atoms with Crippen molar-refractivity contribution in [3.8, 4) is 0 Å². The minimum absolute atomic E-state index is 0.137. The predicted molar refractivity (Wildman–Crippen MR) is 178 cm³/mol. The smallest absolute Gasteiger partial charge is 0.305 e. The van der Waals surface area contributed by atoms with E-state index in [1.54, 1.807) is 0 Å². The fourth-order valence-corrected chi connectivity index (χ4v) is 4.32. The first-order chi connectivity index (χ1) is 22.3. The number of carbonyl (C=O) groups is 1. The first kappa shape index (κ1) is 44.1. The Labute approximate surface area is 275 Å². The Kier molecular flexibility index (Phi) is 40.4. The van der Waals surface area contributed by atoms with Crippen LogP contribution in [0, 0.1) is 0 Å². The van der Waals surface area contributed by atoms with Gasteiger partial charge in [-0.2, -0.15) is 0 Å². The third kappa shape index (κ3) is 41.1. The minimum Gasteiger partial charge on any atom is -0.463 e. The Morgan fingerprint density at radius 3 is 0.933 bits per heavy atom. The molecule has 0 amide bonds. The Bertz CT molecular complexity index is 553. The van der Waals surface area contributed by atoms with Crippen LogP contribution in [0.15, 0.2) is 0 Å². The molecular formula is C35H70O10. The van der Waals surface area contributed by atoms with Crippen molar-refractivity contribution < 1.29 is 47.4 Å². The number of unbranched alkanes of at least 4 members (excludes halogenated alkanes) is 12. The highest BCUT2D eigenvalue weighted by atomic mass is 16.6. The molecule has 0 saturated heterocycles. The van der Waals surface area contributed by atoms with Crippen molar-refractivity contribution in [2.45, 2.75) is 110 Å². The van der Waals surface area contributed by atoms with E-state index in [9.17, 15) is 4.79 Å². The quantitative estimate of drug-likeness (QED) is 0.0536. The van der Waals surface area contributed by atoms with Crippen LogP contribution in [0.4, 0.5) is 0 Å². The van der Waals surface area contributed by atoms with Gasteiger partial charge in [0.25, 0.3) is 0 Å². The molecule has 0 aromatic carbocycles. The van der Waals surface area contributed by atoms with Crippen LogP contribution in [0.5, 0.6) is 0 Å². The second-order valence-electron chi connectivity index (χ2n) is 11.1. The van der Waals surface area contributed by atoms with E-state index >= 15 is 0 Å². The van der Waals surface area contributed by atoms with Gasteiger partial charge in [-0.3, -0.25) is 4.79 Å². The lowest BCUT2D eigenvalue weighted by molar-refractivity contribution is -0.145. The third-order valence-corrected chi connectivity index (χ3v) is 6.97. The summed E-state index contributed by atoms with van der Waals surface area (Å²) in [6.07, 6.45) is 18.0. The van der Waals surface area contributed by atoms with Gasteiger partial charge in [0.15, 0.2) is 0 Å².